The maximum Gasteiger partial charge on any atom is 0.183 e. The van der Waals surface area contributed by atoms with Crippen LogP contribution in [0.15, 0.2) is 42.5 Å². The van der Waals surface area contributed by atoms with E-state index < -0.39 is 11.6 Å². The lowest BCUT2D eigenvalue weighted by Gasteiger charge is -2.29. The zero-order chi connectivity index (χ0) is 16.2. The highest BCUT2D eigenvalue weighted by Crippen LogP contribution is 2.29. The van der Waals surface area contributed by atoms with Crippen molar-refractivity contribution in [1.82, 2.24) is 0 Å². The second-order valence-corrected chi connectivity index (χ2v) is 5.93. The topological polar surface area (TPSA) is 18.5 Å². The summed E-state index contributed by atoms with van der Waals surface area (Å²) in [7, 11) is 0. The number of rotatable bonds is 4. The normalized spacial score (nSPS) is 21.3. The Morgan fingerprint density at radius 2 is 1.52 bits per heavy atom. The van der Waals surface area contributed by atoms with Gasteiger partial charge in [0.15, 0.2) is 6.29 Å². The first-order valence-electron chi connectivity index (χ1n) is 7.95. The average Bonchev–Trinajstić information content (AvgIpc) is 2.55. The molecule has 0 N–H and O–H groups in total. The van der Waals surface area contributed by atoms with Crippen LogP contribution in [-0.2, 0) is 9.47 Å². The van der Waals surface area contributed by atoms with Gasteiger partial charge in [0.2, 0.25) is 0 Å². The molecule has 1 aliphatic heterocycles. The van der Waals surface area contributed by atoms with Gasteiger partial charge in [0.05, 0.1) is 13.2 Å². The molecule has 1 saturated heterocycles. The van der Waals surface area contributed by atoms with Crippen LogP contribution in [0.25, 0.3) is 11.1 Å². The minimum Gasteiger partial charge on any atom is -0.348 e. The SMILES string of the molecule is CCCC1COC(c2ccc(-c3cc(F)cc(F)c3)cc2)OC1. The Kier molecular flexibility index (Phi) is 5.03. The van der Waals surface area contributed by atoms with Gasteiger partial charge in [-0.2, -0.15) is 0 Å². The maximum absolute atomic E-state index is 13.3. The number of halogens is 2. The molecule has 122 valence electrons. The molecule has 0 bridgehead atoms. The highest BCUT2D eigenvalue weighted by molar-refractivity contribution is 5.63. The van der Waals surface area contributed by atoms with Crippen LogP contribution in [0.1, 0.15) is 31.6 Å². The van der Waals surface area contributed by atoms with Crippen LogP contribution in [-0.4, -0.2) is 13.2 Å². The van der Waals surface area contributed by atoms with Crippen LogP contribution in [0.5, 0.6) is 0 Å². The number of benzene rings is 2. The zero-order valence-electron chi connectivity index (χ0n) is 13.1. The first kappa shape index (κ1) is 16.1. The molecule has 0 radical (unpaired) electrons. The fraction of sp³-hybridized carbons (Fsp3) is 0.368. The van der Waals surface area contributed by atoms with E-state index in [1.807, 2.05) is 24.3 Å². The zero-order valence-corrected chi connectivity index (χ0v) is 13.1. The number of hydrogen-bond donors (Lipinski definition) is 0. The van der Waals surface area contributed by atoms with Gasteiger partial charge >= 0.3 is 0 Å². The van der Waals surface area contributed by atoms with Gasteiger partial charge in [-0.05, 0) is 29.7 Å². The summed E-state index contributed by atoms with van der Waals surface area (Å²) in [6.45, 7) is 3.56. The van der Waals surface area contributed by atoms with Gasteiger partial charge in [0, 0.05) is 17.5 Å². The van der Waals surface area contributed by atoms with E-state index in [9.17, 15) is 8.78 Å². The first-order valence-corrected chi connectivity index (χ1v) is 7.95. The second kappa shape index (κ2) is 7.20. The molecule has 1 heterocycles. The molecule has 1 fully saturated rings. The van der Waals surface area contributed by atoms with E-state index >= 15 is 0 Å². The van der Waals surface area contributed by atoms with Crippen molar-refractivity contribution in [2.75, 3.05) is 13.2 Å². The Balaban J connectivity index is 1.70. The Labute approximate surface area is 135 Å². The van der Waals surface area contributed by atoms with Gasteiger partial charge in [0.1, 0.15) is 11.6 Å². The predicted molar refractivity (Wildman–Crippen MR) is 84.8 cm³/mol. The molecule has 0 unspecified atom stereocenters. The van der Waals surface area contributed by atoms with Crippen LogP contribution in [0.3, 0.4) is 0 Å². The summed E-state index contributed by atoms with van der Waals surface area (Å²) in [5.41, 5.74) is 2.19. The largest absolute Gasteiger partial charge is 0.348 e. The maximum atomic E-state index is 13.3. The minimum absolute atomic E-state index is 0.360. The van der Waals surface area contributed by atoms with Crippen LogP contribution >= 0.6 is 0 Å². The van der Waals surface area contributed by atoms with Gasteiger partial charge in [-0.25, -0.2) is 8.78 Å². The Hall–Kier alpha value is -1.78. The van der Waals surface area contributed by atoms with E-state index in [2.05, 4.69) is 6.92 Å². The fourth-order valence-corrected chi connectivity index (χ4v) is 2.86. The summed E-state index contributed by atoms with van der Waals surface area (Å²) in [6, 6.07) is 10.9. The van der Waals surface area contributed by atoms with Crippen LogP contribution in [0, 0.1) is 17.6 Å². The van der Waals surface area contributed by atoms with E-state index in [0.29, 0.717) is 24.7 Å². The Bertz CT molecular complexity index is 627. The summed E-state index contributed by atoms with van der Waals surface area (Å²) >= 11 is 0. The average molecular weight is 318 g/mol. The summed E-state index contributed by atoms with van der Waals surface area (Å²) in [5, 5.41) is 0. The van der Waals surface area contributed by atoms with E-state index in [0.717, 1.165) is 30.0 Å². The molecule has 0 aromatic heterocycles. The third-order valence-electron chi connectivity index (χ3n) is 4.04. The van der Waals surface area contributed by atoms with Crippen molar-refractivity contribution in [2.24, 2.45) is 5.92 Å². The lowest BCUT2D eigenvalue weighted by atomic mass is 10.0. The predicted octanol–water partition coefficient (Wildman–Crippen LogP) is 5.09. The standard InChI is InChI=1S/C19H20F2O2/c1-2-3-13-11-22-19(23-12-13)15-6-4-14(5-7-15)16-8-17(20)10-18(21)9-16/h4-10,13,19H,2-3,11-12H2,1H3. The highest BCUT2D eigenvalue weighted by Gasteiger charge is 2.22. The molecule has 0 amide bonds. The Morgan fingerprint density at radius 1 is 0.913 bits per heavy atom. The lowest BCUT2D eigenvalue weighted by Crippen LogP contribution is -2.26. The van der Waals surface area contributed by atoms with Crippen molar-refractivity contribution >= 4 is 0 Å². The molecule has 3 rings (SSSR count). The molecule has 0 saturated carbocycles. The van der Waals surface area contributed by atoms with Gasteiger partial charge < -0.3 is 9.47 Å². The molecule has 2 nitrogen and oxygen atoms in total. The molecule has 23 heavy (non-hydrogen) atoms. The smallest absolute Gasteiger partial charge is 0.183 e. The van der Waals surface area contributed by atoms with Crippen LogP contribution < -0.4 is 0 Å². The van der Waals surface area contributed by atoms with Gasteiger partial charge in [-0.3, -0.25) is 0 Å². The summed E-state index contributed by atoms with van der Waals surface area (Å²) in [5.74, 6) is -0.694. The third-order valence-corrected chi connectivity index (χ3v) is 4.04. The van der Waals surface area contributed by atoms with E-state index in [1.54, 1.807) is 0 Å². The van der Waals surface area contributed by atoms with E-state index in [-0.39, 0.29) is 6.29 Å². The molecule has 2 aromatic carbocycles. The van der Waals surface area contributed by atoms with Crippen molar-refractivity contribution in [3.63, 3.8) is 0 Å². The molecule has 0 atom stereocenters. The Morgan fingerprint density at radius 3 is 2.09 bits per heavy atom. The van der Waals surface area contributed by atoms with E-state index in [4.69, 9.17) is 9.47 Å². The van der Waals surface area contributed by atoms with Crippen molar-refractivity contribution in [3.05, 3.63) is 59.7 Å². The van der Waals surface area contributed by atoms with Crippen molar-refractivity contribution in [3.8, 4) is 11.1 Å². The molecule has 1 aliphatic rings. The monoisotopic (exact) mass is 318 g/mol. The molecular weight excluding hydrogens is 298 g/mol. The van der Waals surface area contributed by atoms with Crippen LogP contribution in [0.4, 0.5) is 8.78 Å². The number of ether oxygens (including phenoxy) is 2. The molecule has 0 spiro atoms. The summed E-state index contributed by atoms with van der Waals surface area (Å²) in [6.07, 6.45) is 1.87. The van der Waals surface area contributed by atoms with Crippen molar-refractivity contribution in [1.29, 1.82) is 0 Å². The summed E-state index contributed by atoms with van der Waals surface area (Å²) < 4.78 is 38.1. The first-order chi connectivity index (χ1) is 11.2. The quantitative estimate of drug-likeness (QED) is 0.781. The van der Waals surface area contributed by atoms with E-state index in [1.165, 1.54) is 12.1 Å². The van der Waals surface area contributed by atoms with Crippen molar-refractivity contribution < 1.29 is 18.3 Å². The minimum atomic E-state index is -0.579. The van der Waals surface area contributed by atoms with Crippen molar-refractivity contribution in [2.45, 2.75) is 26.1 Å². The summed E-state index contributed by atoms with van der Waals surface area (Å²) in [4.78, 5) is 0. The third kappa shape index (κ3) is 3.95. The second-order valence-electron chi connectivity index (χ2n) is 5.93. The van der Waals surface area contributed by atoms with Gasteiger partial charge in [-0.1, -0.05) is 37.6 Å². The fourth-order valence-electron chi connectivity index (χ4n) is 2.86. The van der Waals surface area contributed by atoms with Crippen LogP contribution in [0.2, 0.25) is 0 Å². The molecular formula is C19H20F2O2. The number of hydrogen-bond acceptors (Lipinski definition) is 2. The van der Waals surface area contributed by atoms with Gasteiger partial charge in [0.25, 0.3) is 0 Å². The van der Waals surface area contributed by atoms with Gasteiger partial charge in [-0.15, -0.1) is 0 Å². The highest BCUT2D eigenvalue weighted by atomic mass is 19.1. The molecule has 4 heteroatoms. The lowest BCUT2D eigenvalue weighted by molar-refractivity contribution is -0.206. The molecule has 2 aromatic rings. The molecule has 0 aliphatic carbocycles.